The highest BCUT2D eigenvalue weighted by atomic mass is 35.5. The number of hydrogen-bond donors (Lipinski definition) is 0. The lowest BCUT2D eigenvalue weighted by Gasteiger charge is -1.99. The van der Waals surface area contributed by atoms with Crippen molar-refractivity contribution >= 4 is 17.7 Å². The molecule has 0 saturated heterocycles. The van der Waals surface area contributed by atoms with Gasteiger partial charge in [0, 0.05) is 5.02 Å². The van der Waals surface area contributed by atoms with Crippen molar-refractivity contribution in [3.05, 3.63) is 39.9 Å². The molecule has 2 nitrogen and oxygen atoms in total. The van der Waals surface area contributed by atoms with Gasteiger partial charge in [-0.1, -0.05) is 17.7 Å². The second-order valence-electron chi connectivity index (χ2n) is 2.78. The maximum atomic E-state index is 8.57. The van der Waals surface area contributed by atoms with Gasteiger partial charge in [0.1, 0.15) is 17.7 Å². The smallest absolute Gasteiger partial charge is 0.130 e. The Morgan fingerprint density at radius 1 is 1.36 bits per heavy atom. The lowest BCUT2D eigenvalue weighted by molar-refractivity contribution is 1.43. The predicted octanol–water partition coefficient (Wildman–Crippen LogP) is 3.08. The topological polar surface area (TPSA) is 47.6 Å². The molecule has 0 N–H and O–H groups in total. The molecule has 0 saturated carbocycles. The van der Waals surface area contributed by atoms with Crippen LogP contribution in [0.2, 0.25) is 5.02 Å². The van der Waals surface area contributed by atoms with Crippen molar-refractivity contribution < 1.29 is 0 Å². The monoisotopic (exact) mass is 202 g/mol. The quantitative estimate of drug-likeness (QED) is 0.657. The fraction of sp³-hybridized carbons (Fsp3) is 0.0909. The Hall–Kier alpha value is -1.77. The van der Waals surface area contributed by atoms with Gasteiger partial charge < -0.3 is 0 Å². The molecule has 0 spiro atoms. The number of hydrogen-bond acceptors (Lipinski definition) is 2. The molecule has 0 aliphatic heterocycles. The van der Waals surface area contributed by atoms with Gasteiger partial charge >= 0.3 is 0 Å². The first-order valence-electron chi connectivity index (χ1n) is 3.95. The largest absolute Gasteiger partial charge is 0.192 e. The van der Waals surface area contributed by atoms with Crippen LogP contribution in [0.4, 0.5) is 0 Å². The lowest BCUT2D eigenvalue weighted by atomic mass is 10.1. The molecule has 1 rings (SSSR count). The number of aryl methyl sites for hydroxylation is 1. The zero-order valence-electron chi connectivity index (χ0n) is 7.58. The van der Waals surface area contributed by atoms with Crippen LogP contribution in [-0.2, 0) is 0 Å². The summed E-state index contributed by atoms with van der Waals surface area (Å²) in [4.78, 5) is 0. The van der Waals surface area contributed by atoms with Crippen LogP contribution in [-0.4, -0.2) is 0 Å². The molecule has 1 aromatic rings. The first-order chi connectivity index (χ1) is 6.67. The highest BCUT2D eigenvalue weighted by molar-refractivity contribution is 6.30. The fourth-order valence-corrected chi connectivity index (χ4v) is 1.27. The van der Waals surface area contributed by atoms with Crippen molar-refractivity contribution in [3.8, 4) is 12.1 Å². The molecule has 0 bridgehead atoms. The summed E-state index contributed by atoms with van der Waals surface area (Å²) in [5, 5.41) is 17.8. The van der Waals surface area contributed by atoms with Crippen molar-refractivity contribution in [1.29, 1.82) is 10.5 Å². The minimum absolute atomic E-state index is 0.0930. The minimum atomic E-state index is 0.0930. The molecule has 0 heterocycles. The standard InChI is InChI=1S/C11H7ClN2/c1-8-4-11(12)3-2-10(8)5-9(6-13)7-14/h2-5H,1H3. The van der Waals surface area contributed by atoms with Gasteiger partial charge in [-0.05, 0) is 36.3 Å². The molecule has 68 valence electrons. The zero-order chi connectivity index (χ0) is 10.6. The second kappa shape index (κ2) is 4.46. The Kier molecular flexibility index (Phi) is 3.29. The van der Waals surface area contributed by atoms with Gasteiger partial charge in [-0.3, -0.25) is 0 Å². The van der Waals surface area contributed by atoms with Gasteiger partial charge in [-0.2, -0.15) is 10.5 Å². The van der Waals surface area contributed by atoms with Crippen LogP contribution < -0.4 is 0 Å². The number of nitriles is 2. The van der Waals surface area contributed by atoms with Gasteiger partial charge in [0.25, 0.3) is 0 Å². The van der Waals surface area contributed by atoms with Crippen LogP contribution in [0.3, 0.4) is 0 Å². The van der Waals surface area contributed by atoms with E-state index < -0.39 is 0 Å². The van der Waals surface area contributed by atoms with E-state index in [1.54, 1.807) is 24.3 Å². The number of benzene rings is 1. The summed E-state index contributed by atoms with van der Waals surface area (Å²) in [5.41, 5.74) is 1.88. The highest BCUT2D eigenvalue weighted by Crippen LogP contribution is 2.17. The van der Waals surface area contributed by atoms with Crippen molar-refractivity contribution in [2.45, 2.75) is 6.92 Å². The summed E-state index contributed by atoms with van der Waals surface area (Å²) in [7, 11) is 0. The van der Waals surface area contributed by atoms with Crippen LogP contribution in [0.1, 0.15) is 11.1 Å². The second-order valence-corrected chi connectivity index (χ2v) is 3.22. The summed E-state index contributed by atoms with van der Waals surface area (Å²) >= 11 is 5.77. The summed E-state index contributed by atoms with van der Waals surface area (Å²) in [5.74, 6) is 0. The van der Waals surface area contributed by atoms with Gasteiger partial charge in [0.05, 0.1) is 0 Å². The van der Waals surface area contributed by atoms with Crippen LogP contribution in [0.25, 0.3) is 6.08 Å². The van der Waals surface area contributed by atoms with E-state index in [-0.39, 0.29) is 5.57 Å². The third-order valence-electron chi connectivity index (χ3n) is 1.77. The molecule has 0 amide bonds. The molecule has 0 fully saturated rings. The summed E-state index contributed by atoms with van der Waals surface area (Å²) in [6.07, 6.45) is 1.55. The van der Waals surface area contributed by atoms with E-state index in [9.17, 15) is 0 Å². The Bertz CT molecular complexity index is 445. The number of halogens is 1. The predicted molar refractivity (Wildman–Crippen MR) is 55.4 cm³/mol. The SMILES string of the molecule is Cc1cc(Cl)ccc1C=C(C#N)C#N. The molecular formula is C11H7ClN2. The third-order valence-corrected chi connectivity index (χ3v) is 2.01. The Morgan fingerprint density at radius 2 is 2.00 bits per heavy atom. The Labute approximate surface area is 87.7 Å². The fourth-order valence-electron chi connectivity index (χ4n) is 1.05. The van der Waals surface area contributed by atoms with Crippen molar-refractivity contribution in [1.82, 2.24) is 0 Å². The molecule has 0 unspecified atom stereocenters. The molecule has 0 aromatic heterocycles. The normalized spacial score (nSPS) is 8.57. The molecule has 0 aliphatic rings. The van der Waals surface area contributed by atoms with Crippen LogP contribution >= 0.6 is 11.6 Å². The molecule has 0 aliphatic carbocycles. The van der Waals surface area contributed by atoms with E-state index in [0.717, 1.165) is 11.1 Å². The number of rotatable bonds is 1. The van der Waals surface area contributed by atoms with Crippen molar-refractivity contribution in [2.75, 3.05) is 0 Å². The minimum Gasteiger partial charge on any atom is -0.192 e. The number of allylic oxidation sites excluding steroid dienone is 1. The molecule has 0 atom stereocenters. The lowest BCUT2D eigenvalue weighted by Crippen LogP contribution is -1.81. The first kappa shape index (κ1) is 10.3. The summed E-state index contributed by atoms with van der Waals surface area (Å²) in [6.45, 7) is 1.88. The molecule has 3 heteroatoms. The van der Waals surface area contributed by atoms with Gasteiger partial charge in [-0.25, -0.2) is 0 Å². The Balaban J connectivity index is 3.18. The van der Waals surface area contributed by atoms with Crippen LogP contribution in [0.15, 0.2) is 23.8 Å². The van der Waals surface area contributed by atoms with E-state index in [2.05, 4.69) is 0 Å². The zero-order valence-corrected chi connectivity index (χ0v) is 8.34. The highest BCUT2D eigenvalue weighted by Gasteiger charge is 1.98. The van der Waals surface area contributed by atoms with Crippen molar-refractivity contribution in [3.63, 3.8) is 0 Å². The first-order valence-corrected chi connectivity index (χ1v) is 4.33. The van der Waals surface area contributed by atoms with Crippen LogP contribution in [0, 0.1) is 29.6 Å². The van der Waals surface area contributed by atoms with Crippen molar-refractivity contribution in [2.24, 2.45) is 0 Å². The Morgan fingerprint density at radius 3 is 2.50 bits per heavy atom. The number of nitrogens with zero attached hydrogens (tertiary/aromatic N) is 2. The molecule has 14 heavy (non-hydrogen) atoms. The van der Waals surface area contributed by atoms with Crippen LogP contribution in [0.5, 0.6) is 0 Å². The van der Waals surface area contributed by atoms with Gasteiger partial charge in [0.15, 0.2) is 0 Å². The molecular weight excluding hydrogens is 196 g/mol. The van der Waals surface area contributed by atoms with E-state index >= 15 is 0 Å². The van der Waals surface area contributed by atoms with E-state index in [4.69, 9.17) is 22.1 Å². The molecule has 0 radical (unpaired) electrons. The van der Waals surface area contributed by atoms with Gasteiger partial charge in [-0.15, -0.1) is 0 Å². The maximum absolute atomic E-state index is 8.57. The average Bonchev–Trinajstić information content (AvgIpc) is 2.17. The van der Waals surface area contributed by atoms with E-state index in [1.165, 1.54) is 0 Å². The summed E-state index contributed by atoms with van der Waals surface area (Å²) < 4.78 is 0. The average molecular weight is 203 g/mol. The van der Waals surface area contributed by atoms with E-state index in [0.29, 0.717) is 5.02 Å². The summed E-state index contributed by atoms with van der Waals surface area (Å²) in [6, 6.07) is 8.92. The maximum Gasteiger partial charge on any atom is 0.130 e. The van der Waals surface area contributed by atoms with E-state index in [1.807, 2.05) is 19.1 Å². The third kappa shape index (κ3) is 2.36. The molecule has 1 aromatic carbocycles. The van der Waals surface area contributed by atoms with Gasteiger partial charge in [0.2, 0.25) is 0 Å².